The summed E-state index contributed by atoms with van der Waals surface area (Å²) in [5.74, 6) is -1.51. The third-order valence-electron chi connectivity index (χ3n) is 3.95. The number of phenolic OH excluding ortho intramolecular Hbond substituents is 2. The van der Waals surface area contributed by atoms with Gasteiger partial charge in [-0.25, -0.2) is 0 Å². The molecule has 1 aliphatic carbocycles. The van der Waals surface area contributed by atoms with Crippen molar-refractivity contribution in [2.45, 2.75) is 18.0 Å². The minimum atomic E-state index is -6.07. The zero-order chi connectivity index (χ0) is 18.1. The molecule has 24 heavy (non-hydrogen) atoms. The number of benzene rings is 2. The third kappa shape index (κ3) is 1.90. The molecule has 3 rings (SSSR count). The Kier molecular flexibility index (Phi) is 3.13. The van der Waals surface area contributed by atoms with Crippen LogP contribution in [0.1, 0.15) is 16.7 Å². The molecule has 0 aliphatic heterocycles. The standard InChI is InChI=1S/C15H8F6O3/c16-14(17,18)13(24,15(19,20)21)8-5-10(23)12-9(22)4-2-6-1-3-7(8)11(6)12/h1-5,22-24H. The van der Waals surface area contributed by atoms with Gasteiger partial charge in [0.15, 0.2) is 0 Å². The molecule has 0 radical (unpaired) electrons. The highest BCUT2D eigenvalue weighted by molar-refractivity contribution is 6.10. The van der Waals surface area contributed by atoms with Gasteiger partial charge >= 0.3 is 12.4 Å². The fourth-order valence-corrected chi connectivity index (χ4v) is 2.83. The summed E-state index contributed by atoms with van der Waals surface area (Å²) in [6.45, 7) is 0. The molecule has 128 valence electrons. The number of rotatable bonds is 1. The van der Waals surface area contributed by atoms with Gasteiger partial charge in [-0.2, -0.15) is 26.3 Å². The lowest BCUT2D eigenvalue weighted by atomic mass is 9.85. The van der Waals surface area contributed by atoms with Crippen LogP contribution in [-0.4, -0.2) is 27.7 Å². The number of aromatic hydroxyl groups is 2. The number of alkyl halides is 6. The molecule has 0 atom stereocenters. The highest BCUT2D eigenvalue weighted by Crippen LogP contribution is 2.54. The van der Waals surface area contributed by atoms with Gasteiger partial charge in [0.05, 0.1) is 5.39 Å². The summed E-state index contributed by atoms with van der Waals surface area (Å²) in [4.78, 5) is 0. The minimum absolute atomic E-state index is 0.178. The molecule has 1 aliphatic rings. The highest BCUT2D eigenvalue weighted by Gasteiger charge is 2.72. The molecule has 9 heteroatoms. The van der Waals surface area contributed by atoms with E-state index < -0.39 is 40.6 Å². The summed E-state index contributed by atoms with van der Waals surface area (Å²) in [5.41, 5.74) is -7.07. The Morgan fingerprint density at radius 2 is 1.33 bits per heavy atom. The lowest BCUT2D eigenvalue weighted by Gasteiger charge is -2.34. The molecule has 0 bridgehead atoms. The second-order valence-electron chi connectivity index (χ2n) is 5.32. The Morgan fingerprint density at radius 3 is 1.88 bits per heavy atom. The molecule has 0 saturated carbocycles. The first-order valence-corrected chi connectivity index (χ1v) is 6.45. The normalized spacial score (nSPS) is 14.6. The Labute approximate surface area is 130 Å². The molecule has 0 aromatic heterocycles. The van der Waals surface area contributed by atoms with Crippen LogP contribution in [0.15, 0.2) is 18.2 Å². The summed E-state index contributed by atoms with van der Waals surface area (Å²) >= 11 is 0. The first kappa shape index (κ1) is 16.4. The average molecular weight is 350 g/mol. The number of hydrogen-bond donors (Lipinski definition) is 3. The molecule has 2 aromatic carbocycles. The van der Waals surface area contributed by atoms with Crippen LogP contribution >= 0.6 is 0 Å². The van der Waals surface area contributed by atoms with E-state index in [1.165, 1.54) is 12.1 Å². The lowest BCUT2D eigenvalue weighted by molar-refractivity contribution is -0.376. The fraction of sp³-hybridized carbons (Fsp3) is 0.200. The van der Waals surface area contributed by atoms with Crippen molar-refractivity contribution in [3.63, 3.8) is 0 Å². The fourth-order valence-electron chi connectivity index (χ4n) is 2.83. The molecule has 0 unspecified atom stereocenters. The zero-order valence-electron chi connectivity index (χ0n) is 11.5. The quantitative estimate of drug-likeness (QED) is 0.581. The summed E-state index contributed by atoms with van der Waals surface area (Å²) < 4.78 is 78.6. The van der Waals surface area contributed by atoms with E-state index in [4.69, 9.17) is 0 Å². The van der Waals surface area contributed by atoms with Crippen LogP contribution in [0.25, 0.3) is 22.9 Å². The van der Waals surface area contributed by atoms with Crippen molar-refractivity contribution in [2.75, 3.05) is 0 Å². The van der Waals surface area contributed by atoms with Gasteiger partial charge in [0.2, 0.25) is 0 Å². The average Bonchev–Trinajstić information content (AvgIpc) is 2.85. The van der Waals surface area contributed by atoms with Gasteiger partial charge < -0.3 is 15.3 Å². The predicted octanol–water partition coefficient (Wildman–Crippen LogP) is 4.05. The maximum absolute atomic E-state index is 13.1. The van der Waals surface area contributed by atoms with Gasteiger partial charge in [-0.1, -0.05) is 18.2 Å². The largest absolute Gasteiger partial charge is 0.507 e. The molecular weight excluding hydrogens is 342 g/mol. The predicted molar refractivity (Wildman–Crippen MR) is 72.2 cm³/mol. The van der Waals surface area contributed by atoms with E-state index in [0.717, 1.165) is 12.1 Å². The topological polar surface area (TPSA) is 60.7 Å². The first-order valence-electron chi connectivity index (χ1n) is 6.45. The molecule has 0 spiro atoms. The lowest BCUT2D eigenvalue weighted by Crippen LogP contribution is -2.54. The van der Waals surface area contributed by atoms with Crippen molar-refractivity contribution in [1.82, 2.24) is 0 Å². The summed E-state index contributed by atoms with van der Waals surface area (Å²) in [6, 6.07) is 2.60. The Balaban J connectivity index is 2.48. The smallest absolute Gasteiger partial charge is 0.430 e. The maximum atomic E-state index is 13.1. The van der Waals surface area contributed by atoms with E-state index in [2.05, 4.69) is 0 Å². The van der Waals surface area contributed by atoms with Crippen LogP contribution in [-0.2, 0) is 5.60 Å². The number of hydrogen-bond acceptors (Lipinski definition) is 3. The van der Waals surface area contributed by atoms with E-state index in [0.29, 0.717) is 0 Å². The van der Waals surface area contributed by atoms with Gasteiger partial charge in [0.1, 0.15) is 11.5 Å². The molecule has 0 heterocycles. The molecular formula is C15H8F6O3. The zero-order valence-corrected chi connectivity index (χ0v) is 11.5. The third-order valence-corrected chi connectivity index (χ3v) is 3.95. The van der Waals surface area contributed by atoms with Gasteiger partial charge in [-0.15, -0.1) is 0 Å². The van der Waals surface area contributed by atoms with Gasteiger partial charge in [0, 0.05) is 10.9 Å². The van der Waals surface area contributed by atoms with E-state index >= 15 is 0 Å². The van der Waals surface area contributed by atoms with Crippen molar-refractivity contribution in [3.05, 3.63) is 34.9 Å². The molecule has 3 N–H and O–H groups in total. The minimum Gasteiger partial charge on any atom is -0.507 e. The van der Waals surface area contributed by atoms with Gasteiger partial charge in [0.25, 0.3) is 5.60 Å². The van der Waals surface area contributed by atoms with Crippen molar-refractivity contribution < 1.29 is 41.7 Å². The van der Waals surface area contributed by atoms with Crippen molar-refractivity contribution in [1.29, 1.82) is 0 Å². The monoisotopic (exact) mass is 350 g/mol. The van der Waals surface area contributed by atoms with E-state index in [9.17, 15) is 41.7 Å². The van der Waals surface area contributed by atoms with Crippen LogP contribution < -0.4 is 0 Å². The van der Waals surface area contributed by atoms with Gasteiger partial charge in [-0.3, -0.25) is 0 Å². The Bertz CT molecular complexity index is 866. The highest BCUT2D eigenvalue weighted by atomic mass is 19.4. The molecule has 0 saturated heterocycles. The van der Waals surface area contributed by atoms with Crippen LogP contribution in [0, 0.1) is 0 Å². The summed E-state index contributed by atoms with van der Waals surface area (Å²) in [6.07, 6.45) is -9.95. The molecule has 0 amide bonds. The first-order chi connectivity index (χ1) is 10.9. The van der Waals surface area contributed by atoms with Crippen LogP contribution in [0.3, 0.4) is 0 Å². The second kappa shape index (κ2) is 4.56. The van der Waals surface area contributed by atoms with E-state index in [-0.39, 0.29) is 22.4 Å². The Morgan fingerprint density at radius 1 is 0.750 bits per heavy atom. The van der Waals surface area contributed by atoms with Crippen molar-refractivity contribution in [3.8, 4) is 11.5 Å². The number of phenols is 2. The van der Waals surface area contributed by atoms with Crippen molar-refractivity contribution >= 4 is 22.9 Å². The van der Waals surface area contributed by atoms with Crippen LogP contribution in [0.4, 0.5) is 26.3 Å². The van der Waals surface area contributed by atoms with Crippen LogP contribution in [0.2, 0.25) is 0 Å². The summed E-state index contributed by atoms with van der Waals surface area (Å²) in [5, 5.41) is 28.7. The second-order valence-corrected chi connectivity index (χ2v) is 5.32. The number of halogens is 6. The van der Waals surface area contributed by atoms with Crippen molar-refractivity contribution in [2.24, 2.45) is 0 Å². The van der Waals surface area contributed by atoms with E-state index in [1.807, 2.05) is 0 Å². The molecule has 0 fully saturated rings. The Hall–Kier alpha value is -2.42. The SMILES string of the molecule is Oc1ccc2c3c(c(C(O)(C(F)(F)F)C(F)(F)F)cc(O)c13)C=C2. The molecule has 2 aromatic rings. The number of aliphatic hydroxyl groups is 1. The van der Waals surface area contributed by atoms with Crippen LogP contribution in [0.5, 0.6) is 11.5 Å². The molecule has 3 nitrogen and oxygen atoms in total. The van der Waals surface area contributed by atoms with E-state index in [1.54, 1.807) is 0 Å². The van der Waals surface area contributed by atoms with Gasteiger partial charge in [-0.05, 0) is 23.3 Å². The summed E-state index contributed by atoms with van der Waals surface area (Å²) in [7, 11) is 0. The maximum Gasteiger partial charge on any atom is 0.430 e.